The van der Waals surface area contributed by atoms with E-state index >= 15 is 0 Å². The van der Waals surface area contributed by atoms with E-state index in [2.05, 4.69) is 27.7 Å². The Hall–Kier alpha value is -0.0400. The Labute approximate surface area is 95.3 Å². The van der Waals surface area contributed by atoms with E-state index in [1.807, 2.05) is 0 Å². The Morgan fingerprint density at radius 3 is 2.40 bits per heavy atom. The molecule has 0 heterocycles. The van der Waals surface area contributed by atoms with E-state index in [4.69, 9.17) is 0 Å². The highest BCUT2D eigenvalue weighted by Crippen LogP contribution is 2.38. The van der Waals surface area contributed by atoms with Crippen molar-refractivity contribution in [2.45, 2.75) is 71.8 Å². The SMILES string of the molecule is CCC(C)C1(O)CCCC(C(C)C)CC1. The summed E-state index contributed by atoms with van der Waals surface area (Å²) in [5.41, 5.74) is -0.363. The Bertz CT molecular complexity index is 188. The normalized spacial score (nSPS) is 35.2. The fourth-order valence-corrected chi connectivity index (χ4v) is 2.91. The second-order valence-corrected chi connectivity index (χ2v) is 5.85. The summed E-state index contributed by atoms with van der Waals surface area (Å²) in [6.45, 7) is 9.03. The molecule has 0 amide bonds. The molecule has 1 fully saturated rings. The highest BCUT2D eigenvalue weighted by atomic mass is 16.3. The molecule has 1 N–H and O–H groups in total. The van der Waals surface area contributed by atoms with Gasteiger partial charge in [0.25, 0.3) is 0 Å². The summed E-state index contributed by atoms with van der Waals surface area (Å²) >= 11 is 0. The van der Waals surface area contributed by atoms with Crippen LogP contribution < -0.4 is 0 Å². The number of hydrogen-bond acceptors (Lipinski definition) is 1. The van der Waals surface area contributed by atoms with Crippen LogP contribution in [0.15, 0.2) is 0 Å². The molecular weight excluding hydrogens is 184 g/mol. The van der Waals surface area contributed by atoms with Gasteiger partial charge in [-0.3, -0.25) is 0 Å². The molecule has 1 heteroatoms. The maximum absolute atomic E-state index is 10.6. The molecular formula is C14H28O. The van der Waals surface area contributed by atoms with Gasteiger partial charge >= 0.3 is 0 Å². The van der Waals surface area contributed by atoms with E-state index in [1.54, 1.807) is 0 Å². The third-order valence-corrected chi connectivity index (χ3v) is 4.61. The number of hydrogen-bond donors (Lipinski definition) is 1. The monoisotopic (exact) mass is 212 g/mol. The smallest absolute Gasteiger partial charge is 0.0673 e. The fourth-order valence-electron chi connectivity index (χ4n) is 2.91. The minimum absolute atomic E-state index is 0.363. The first-order chi connectivity index (χ1) is 6.99. The molecule has 90 valence electrons. The average Bonchev–Trinajstić information content (AvgIpc) is 2.40. The fraction of sp³-hybridized carbons (Fsp3) is 1.00. The standard InChI is InChI=1S/C14H28O/c1-5-12(4)14(15)9-6-7-13(8-10-14)11(2)3/h11-13,15H,5-10H2,1-4H3. The molecule has 0 spiro atoms. The highest BCUT2D eigenvalue weighted by molar-refractivity contribution is 4.87. The van der Waals surface area contributed by atoms with Crippen molar-refractivity contribution in [3.05, 3.63) is 0 Å². The lowest BCUT2D eigenvalue weighted by Gasteiger charge is -2.33. The van der Waals surface area contributed by atoms with Gasteiger partial charge in [0, 0.05) is 0 Å². The molecule has 0 radical (unpaired) electrons. The Balaban J connectivity index is 2.58. The first-order valence-electron chi connectivity index (χ1n) is 6.72. The molecule has 0 aromatic carbocycles. The maximum atomic E-state index is 10.6. The quantitative estimate of drug-likeness (QED) is 0.701. The van der Waals surface area contributed by atoms with Gasteiger partial charge in [0.15, 0.2) is 0 Å². The lowest BCUT2D eigenvalue weighted by Crippen LogP contribution is -2.35. The molecule has 1 rings (SSSR count). The van der Waals surface area contributed by atoms with Crippen LogP contribution in [0.3, 0.4) is 0 Å². The van der Waals surface area contributed by atoms with E-state index in [1.165, 1.54) is 19.3 Å². The number of rotatable bonds is 3. The van der Waals surface area contributed by atoms with Gasteiger partial charge in [-0.25, -0.2) is 0 Å². The first-order valence-corrected chi connectivity index (χ1v) is 6.72. The second-order valence-electron chi connectivity index (χ2n) is 5.85. The van der Waals surface area contributed by atoms with E-state index in [-0.39, 0.29) is 5.60 Å². The molecule has 0 aromatic rings. The largest absolute Gasteiger partial charge is 0.390 e. The zero-order chi connectivity index (χ0) is 11.5. The van der Waals surface area contributed by atoms with Gasteiger partial charge in [-0.15, -0.1) is 0 Å². The minimum Gasteiger partial charge on any atom is -0.390 e. The average molecular weight is 212 g/mol. The lowest BCUT2D eigenvalue weighted by atomic mass is 9.80. The third kappa shape index (κ3) is 3.21. The molecule has 1 saturated carbocycles. The van der Waals surface area contributed by atoms with E-state index in [0.717, 1.165) is 31.1 Å². The molecule has 1 aliphatic carbocycles. The Morgan fingerprint density at radius 2 is 1.87 bits per heavy atom. The van der Waals surface area contributed by atoms with E-state index < -0.39 is 0 Å². The van der Waals surface area contributed by atoms with Gasteiger partial charge in [0.1, 0.15) is 0 Å². The second kappa shape index (κ2) is 5.34. The molecule has 0 aromatic heterocycles. The van der Waals surface area contributed by atoms with Gasteiger partial charge in [0.05, 0.1) is 5.60 Å². The topological polar surface area (TPSA) is 20.2 Å². The van der Waals surface area contributed by atoms with Crippen LogP contribution in [0.4, 0.5) is 0 Å². The summed E-state index contributed by atoms with van der Waals surface area (Å²) in [6.07, 6.45) is 6.89. The molecule has 0 aliphatic heterocycles. The zero-order valence-electron chi connectivity index (χ0n) is 10.9. The summed E-state index contributed by atoms with van der Waals surface area (Å²) in [5.74, 6) is 2.08. The van der Waals surface area contributed by atoms with Gasteiger partial charge in [-0.1, -0.05) is 47.0 Å². The molecule has 0 bridgehead atoms. The summed E-state index contributed by atoms with van der Waals surface area (Å²) in [5, 5.41) is 10.6. The van der Waals surface area contributed by atoms with Gasteiger partial charge in [-0.05, 0) is 37.0 Å². The van der Waals surface area contributed by atoms with Crippen LogP contribution in [0.1, 0.15) is 66.2 Å². The van der Waals surface area contributed by atoms with Crippen LogP contribution in [0.2, 0.25) is 0 Å². The van der Waals surface area contributed by atoms with Crippen LogP contribution in [-0.4, -0.2) is 10.7 Å². The van der Waals surface area contributed by atoms with E-state index in [0.29, 0.717) is 5.92 Å². The molecule has 3 atom stereocenters. The van der Waals surface area contributed by atoms with Crippen molar-refractivity contribution < 1.29 is 5.11 Å². The molecule has 1 nitrogen and oxygen atoms in total. The molecule has 1 aliphatic rings. The van der Waals surface area contributed by atoms with Crippen LogP contribution in [0, 0.1) is 17.8 Å². The van der Waals surface area contributed by atoms with Crippen molar-refractivity contribution in [3.63, 3.8) is 0 Å². The minimum atomic E-state index is -0.363. The zero-order valence-corrected chi connectivity index (χ0v) is 10.9. The number of aliphatic hydroxyl groups is 1. The van der Waals surface area contributed by atoms with Crippen molar-refractivity contribution >= 4 is 0 Å². The predicted molar refractivity (Wildman–Crippen MR) is 65.8 cm³/mol. The molecule has 15 heavy (non-hydrogen) atoms. The van der Waals surface area contributed by atoms with Crippen molar-refractivity contribution in [2.75, 3.05) is 0 Å². The third-order valence-electron chi connectivity index (χ3n) is 4.61. The highest BCUT2D eigenvalue weighted by Gasteiger charge is 2.35. The van der Waals surface area contributed by atoms with Crippen molar-refractivity contribution in [1.29, 1.82) is 0 Å². The lowest BCUT2D eigenvalue weighted by molar-refractivity contribution is -0.0279. The maximum Gasteiger partial charge on any atom is 0.0673 e. The van der Waals surface area contributed by atoms with Crippen LogP contribution in [0.5, 0.6) is 0 Å². The summed E-state index contributed by atoms with van der Waals surface area (Å²) < 4.78 is 0. The van der Waals surface area contributed by atoms with Crippen LogP contribution >= 0.6 is 0 Å². The summed E-state index contributed by atoms with van der Waals surface area (Å²) in [7, 11) is 0. The Kier molecular flexibility index (Phi) is 4.64. The van der Waals surface area contributed by atoms with E-state index in [9.17, 15) is 5.11 Å². The summed E-state index contributed by atoms with van der Waals surface area (Å²) in [4.78, 5) is 0. The van der Waals surface area contributed by atoms with Crippen LogP contribution in [-0.2, 0) is 0 Å². The molecule has 3 unspecified atom stereocenters. The van der Waals surface area contributed by atoms with Gasteiger partial charge in [-0.2, -0.15) is 0 Å². The Morgan fingerprint density at radius 1 is 1.20 bits per heavy atom. The van der Waals surface area contributed by atoms with Crippen molar-refractivity contribution in [3.8, 4) is 0 Å². The predicted octanol–water partition coefficient (Wildman–Crippen LogP) is 4.00. The van der Waals surface area contributed by atoms with Crippen molar-refractivity contribution in [2.24, 2.45) is 17.8 Å². The summed E-state index contributed by atoms with van der Waals surface area (Å²) in [6, 6.07) is 0. The first kappa shape index (κ1) is 13.0. The van der Waals surface area contributed by atoms with Crippen molar-refractivity contribution in [1.82, 2.24) is 0 Å². The van der Waals surface area contributed by atoms with Gasteiger partial charge in [0.2, 0.25) is 0 Å². The van der Waals surface area contributed by atoms with Gasteiger partial charge < -0.3 is 5.11 Å². The van der Waals surface area contributed by atoms with Crippen LogP contribution in [0.25, 0.3) is 0 Å². The molecule has 0 saturated heterocycles.